The summed E-state index contributed by atoms with van der Waals surface area (Å²) in [4.78, 5) is 48.0. The average molecular weight is 312 g/mol. The quantitative estimate of drug-likeness (QED) is 0.535. The smallest absolute Gasteiger partial charge is 0.336 e. The van der Waals surface area contributed by atoms with E-state index >= 15 is 0 Å². The Morgan fingerprint density at radius 2 is 1.82 bits per heavy atom. The molecule has 0 aromatic carbocycles. The molecule has 1 heterocycles. The van der Waals surface area contributed by atoms with Gasteiger partial charge in [0.2, 0.25) is 11.8 Å². The fraction of sp³-hybridized carbons (Fsp3) is 0.571. The zero-order valence-corrected chi connectivity index (χ0v) is 12.9. The van der Waals surface area contributed by atoms with Gasteiger partial charge in [-0.25, -0.2) is 4.79 Å². The van der Waals surface area contributed by atoms with E-state index in [1.807, 2.05) is 0 Å². The van der Waals surface area contributed by atoms with Gasteiger partial charge in [-0.15, -0.1) is 0 Å². The first-order valence-electron chi connectivity index (χ1n) is 6.97. The molecule has 0 saturated carbocycles. The Morgan fingerprint density at radius 1 is 1.18 bits per heavy atom. The molecule has 0 aliphatic carbocycles. The van der Waals surface area contributed by atoms with Crippen LogP contribution in [0.2, 0.25) is 0 Å². The molecule has 122 valence electrons. The van der Waals surface area contributed by atoms with E-state index in [9.17, 15) is 19.2 Å². The summed E-state index contributed by atoms with van der Waals surface area (Å²) in [7, 11) is 1.56. The summed E-state index contributed by atoms with van der Waals surface area (Å²) < 4.78 is 9.57. The van der Waals surface area contributed by atoms with Gasteiger partial charge < -0.3 is 19.7 Å². The second-order valence-electron chi connectivity index (χ2n) is 4.63. The van der Waals surface area contributed by atoms with Crippen molar-refractivity contribution in [2.45, 2.75) is 26.7 Å². The largest absolute Gasteiger partial charge is 0.466 e. The van der Waals surface area contributed by atoms with Crippen LogP contribution in [-0.2, 0) is 28.7 Å². The van der Waals surface area contributed by atoms with Crippen molar-refractivity contribution in [2.75, 3.05) is 26.8 Å². The molecule has 0 saturated heterocycles. The van der Waals surface area contributed by atoms with Gasteiger partial charge in [-0.2, -0.15) is 0 Å². The van der Waals surface area contributed by atoms with E-state index in [-0.39, 0.29) is 43.4 Å². The van der Waals surface area contributed by atoms with Crippen LogP contribution < -0.4 is 5.32 Å². The van der Waals surface area contributed by atoms with E-state index in [0.29, 0.717) is 0 Å². The Labute approximate surface area is 128 Å². The third-order valence-electron chi connectivity index (χ3n) is 2.94. The van der Waals surface area contributed by atoms with Crippen LogP contribution in [0.1, 0.15) is 26.7 Å². The van der Waals surface area contributed by atoms with Gasteiger partial charge in [0.1, 0.15) is 6.42 Å². The zero-order valence-electron chi connectivity index (χ0n) is 12.9. The first-order chi connectivity index (χ1) is 10.4. The molecule has 0 radical (unpaired) electrons. The molecule has 0 aromatic heterocycles. The van der Waals surface area contributed by atoms with Crippen molar-refractivity contribution in [3.8, 4) is 0 Å². The van der Waals surface area contributed by atoms with Crippen LogP contribution in [-0.4, -0.2) is 55.5 Å². The number of carbonyl (C=O) groups excluding carboxylic acids is 4. The summed E-state index contributed by atoms with van der Waals surface area (Å²) in [6.07, 6.45) is -0.602. The molecular formula is C14H20N2O6. The molecule has 1 aliphatic heterocycles. The highest BCUT2D eigenvalue weighted by molar-refractivity contribution is 6.00. The predicted octanol–water partition coefficient (Wildman–Crippen LogP) is -0.265. The Bertz CT molecular complexity index is 511. The Balaban J connectivity index is 2.86. The number of esters is 2. The van der Waals surface area contributed by atoms with E-state index < -0.39 is 24.3 Å². The maximum atomic E-state index is 11.9. The van der Waals surface area contributed by atoms with Crippen molar-refractivity contribution >= 4 is 23.8 Å². The van der Waals surface area contributed by atoms with Gasteiger partial charge in [0.05, 0.1) is 31.8 Å². The van der Waals surface area contributed by atoms with Gasteiger partial charge in [0, 0.05) is 12.7 Å². The molecule has 1 rings (SSSR count). The van der Waals surface area contributed by atoms with E-state index in [2.05, 4.69) is 10.1 Å². The average Bonchev–Trinajstić information content (AvgIpc) is 2.42. The highest BCUT2D eigenvalue weighted by Crippen LogP contribution is 2.18. The molecule has 2 amide bonds. The van der Waals surface area contributed by atoms with Gasteiger partial charge in [0.15, 0.2) is 0 Å². The predicted molar refractivity (Wildman–Crippen MR) is 75.3 cm³/mol. The lowest BCUT2D eigenvalue weighted by Gasteiger charge is -2.27. The summed E-state index contributed by atoms with van der Waals surface area (Å²) in [6, 6.07) is 0. The maximum Gasteiger partial charge on any atom is 0.336 e. The fourth-order valence-corrected chi connectivity index (χ4v) is 1.90. The highest BCUT2D eigenvalue weighted by atomic mass is 16.5. The van der Waals surface area contributed by atoms with Gasteiger partial charge in [-0.3, -0.25) is 14.4 Å². The number of amides is 2. The van der Waals surface area contributed by atoms with Crippen molar-refractivity contribution in [3.05, 3.63) is 11.3 Å². The van der Waals surface area contributed by atoms with Crippen LogP contribution in [0, 0.1) is 0 Å². The lowest BCUT2D eigenvalue weighted by molar-refractivity contribution is -0.146. The fourth-order valence-electron chi connectivity index (χ4n) is 1.90. The number of hydrogen-bond acceptors (Lipinski definition) is 6. The third-order valence-corrected chi connectivity index (χ3v) is 2.94. The van der Waals surface area contributed by atoms with Crippen LogP contribution in [0.25, 0.3) is 0 Å². The van der Waals surface area contributed by atoms with Crippen LogP contribution in [0.5, 0.6) is 0 Å². The topological polar surface area (TPSA) is 102 Å². The first kappa shape index (κ1) is 17.7. The molecule has 8 nitrogen and oxygen atoms in total. The number of ether oxygens (including phenoxy) is 2. The van der Waals surface area contributed by atoms with Gasteiger partial charge in [0.25, 0.3) is 0 Å². The van der Waals surface area contributed by atoms with Gasteiger partial charge >= 0.3 is 11.9 Å². The zero-order chi connectivity index (χ0) is 16.7. The summed E-state index contributed by atoms with van der Waals surface area (Å²) in [5.74, 6) is -2.14. The van der Waals surface area contributed by atoms with Crippen LogP contribution in [0.4, 0.5) is 0 Å². The van der Waals surface area contributed by atoms with Crippen molar-refractivity contribution in [3.63, 3.8) is 0 Å². The molecule has 1 aliphatic rings. The number of likely N-dealkylation sites (N-methyl/N-ethyl adjacent to an activating group) is 1. The number of hydrogen-bond donors (Lipinski definition) is 1. The van der Waals surface area contributed by atoms with E-state index in [0.717, 1.165) is 0 Å². The standard InChI is InChI=1S/C14H20N2O6/c1-4-21-13(19)7-11(17)15-10-8-16(3)12(18)6-9(10)14(20)22-5-2/h4-8H2,1-3H3,(H,15,17). The lowest BCUT2D eigenvalue weighted by atomic mass is 10.0. The normalized spacial score (nSPS) is 14.7. The number of carbonyl (C=O) groups is 4. The van der Waals surface area contributed by atoms with Crippen LogP contribution in [0.15, 0.2) is 11.3 Å². The first-order valence-corrected chi connectivity index (χ1v) is 6.97. The molecule has 1 N–H and O–H groups in total. The number of nitrogens with zero attached hydrogens (tertiary/aromatic N) is 1. The van der Waals surface area contributed by atoms with Crippen molar-refractivity contribution in [1.29, 1.82) is 0 Å². The molecule has 0 bridgehead atoms. The molecule has 0 aromatic rings. The Kier molecular flexibility index (Phi) is 6.55. The highest BCUT2D eigenvalue weighted by Gasteiger charge is 2.29. The molecular weight excluding hydrogens is 292 g/mol. The minimum atomic E-state index is -0.654. The summed E-state index contributed by atoms with van der Waals surface area (Å²) in [5, 5.41) is 2.49. The molecule has 0 fully saturated rings. The minimum absolute atomic E-state index is 0.0710. The van der Waals surface area contributed by atoms with Crippen LogP contribution in [0.3, 0.4) is 0 Å². The third kappa shape index (κ3) is 4.87. The van der Waals surface area contributed by atoms with Crippen molar-refractivity contribution in [2.24, 2.45) is 0 Å². The summed E-state index contributed by atoms with van der Waals surface area (Å²) in [6.45, 7) is 3.70. The molecule has 0 spiro atoms. The van der Waals surface area contributed by atoms with E-state index in [1.54, 1.807) is 20.9 Å². The number of rotatable bonds is 6. The van der Waals surface area contributed by atoms with Crippen molar-refractivity contribution in [1.82, 2.24) is 10.2 Å². The second kappa shape index (κ2) is 8.16. The molecule has 0 atom stereocenters. The van der Waals surface area contributed by atoms with E-state index in [4.69, 9.17) is 4.74 Å². The maximum absolute atomic E-state index is 11.9. The monoisotopic (exact) mass is 312 g/mol. The number of nitrogens with one attached hydrogen (secondary N) is 1. The minimum Gasteiger partial charge on any atom is -0.466 e. The lowest BCUT2D eigenvalue weighted by Crippen LogP contribution is -2.41. The second-order valence-corrected chi connectivity index (χ2v) is 4.63. The van der Waals surface area contributed by atoms with Gasteiger partial charge in [-0.1, -0.05) is 0 Å². The van der Waals surface area contributed by atoms with Gasteiger partial charge in [-0.05, 0) is 13.8 Å². The van der Waals surface area contributed by atoms with Crippen LogP contribution >= 0.6 is 0 Å². The molecule has 0 unspecified atom stereocenters. The van der Waals surface area contributed by atoms with Crippen molar-refractivity contribution < 1.29 is 28.7 Å². The Hall–Kier alpha value is -2.38. The SMILES string of the molecule is CCOC(=O)CC(=O)NC1=C(C(=O)OCC)CC(=O)N(C)C1. The Morgan fingerprint density at radius 3 is 2.41 bits per heavy atom. The summed E-state index contributed by atoms with van der Waals surface area (Å²) >= 11 is 0. The van der Waals surface area contributed by atoms with E-state index in [1.165, 1.54) is 4.90 Å². The molecule has 22 heavy (non-hydrogen) atoms. The summed E-state index contributed by atoms with van der Waals surface area (Å²) in [5.41, 5.74) is 0.386. The molecule has 8 heteroatoms.